The number of aryl methyl sites for hydroxylation is 1. The van der Waals surface area contributed by atoms with Crippen LogP contribution in [0.25, 0.3) is 33.9 Å². The monoisotopic (exact) mass is 380 g/mol. The van der Waals surface area contributed by atoms with Crippen LogP contribution in [0.4, 0.5) is 5.69 Å². The van der Waals surface area contributed by atoms with Gasteiger partial charge in [0.05, 0.1) is 32.8 Å². The van der Waals surface area contributed by atoms with Crippen LogP contribution < -0.4 is 16.1 Å². The molecule has 2 aromatic carbocycles. The van der Waals surface area contributed by atoms with Crippen molar-refractivity contribution in [3.63, 3.8) is 0 Å². The molecule has 0 amide bonds. The molecule has 7 nitrogen and oxygen atoms in total. The number of nitrogens with one attached hydrogen (secondary N) is 2. The second kappa shape index (κ2) is 6.17. The van der Waals surface area contributed by atoms with E-state index in [0.717, 1.165) is 22.5 Å². The van der Waals surface area contributed by atoms with Gasteiger partial charge in [-0.15, -0.1) is 0 Å². The maximum atomic E-state index is 13.3. The lowest BCUT2D eigenvalue weighted by Crippen LogP contribution is -2.34. The predicted octanol–water partition coefficient (Wildman–Crippen LogP) is 2.78. The summed E-state index contributed by atoms with van der Waals surface area (Å²) in [5, 5.41) is 13.3. The normalized spacial score (nSPS) is 12.1. The fourth-order valence-electron chi connectivity index (χ4n) is 3.67. The number of anilines is 1. The summed E-state index contributed by atoms with van der Waals surface area (Å²) in [6.45, 7) is 3.68. The van der Waals surface area contributed by atoms with Crippen LogP contribution in [0.15, 0.2) is 47.3 Å². The van der Waals surface area contributed by atoms with E-state index in [4.69, 9.17) is 0 Å². The first kappa shape index (κ1) is 17.0. The molecule has 140 valence electrons. The van der Waals surface area contributed by atoms with Crippen molar-refractivity contribution >= 4 is 39.6 Å². The number of hydrogen-bond acceptors (Lipinski definition) is 5. The molecule has 0 fully saturated rings. The zero-order chi connectivity index (χ0) is 20.1. The van der Waals surface area contributed by atoms with E-state index in [1.165, 1.54) is 4.40 Å². The number of imidazole rings is 2. The summed E-state index contributed by atoms with van der Waals surface area (Å²) >= 11 is 0. The lowest BCUT2D eigenvalue weighted by Gasteiger charge is -2.04. The molecule has 5 rings (SSSR count). The number of pyridine rings is 1. The minimum absolute atomic E-state index is 0.212. The number of aromatic amines is 1. The van der Waals surface area contributed by atoms with E-state index < -0.39 is 0 Å². The maximum absolute atomic E-state index is 13.3. The quantitative estimate of drug-likeness (QED) is 0.491. The fourth-order valence-corrected chi connectivity index (χ4v) is 3.67. The molecule has 0 spiro atoms. The van der Waals surface area contributed by atoms with Crippen molar-refractivity contribution in [3.8, 4) is 6.07 Å². The average molecular weight is 380 g/mol. The summed E-state index contributed by atoms with van der Waals surface area (Å²) in [4.78, 5) is 25.3. The third-order valence-corrected chi connectivity index (χ3v) is 5.09. The molecule has 0 unspecified atom stereocenters. The molecule has 0 aliphatic carbocycles. The van der Waals surface area contributed by atoms with Gasteiger partial charge in [-0.2, -0.15) is 5.26 Å². The highest BCUT2D eigenvalue weighted by Gasteiger charge is 2.15. The minimum atomic E-state index is -0.212. The molecule has 5 aromatic rings. The molecule has 0 aliphatic heterocycles. The van der Waals surface area contributed by atoms with Gasteiger partial charge in [0.25, 0.3) is 5.56 Å². The molecule has 0 radical (unpaired) electrons. The van der Waals surface area contributed by atoms with E-state index in [1.807, 2.05) is 49.4 Å². The highest BCUT2D eigenvalue weighted by Crippen LogP contribution is 2.19. The van der Waals surface area contributed by atoms with Gasteiger partial charge in [0, 0.05) is 11.9 Å². The van der Waals surface area contributed by atoms with Crippen LogP contribution in [0, 0.1) is 25.2 Å². The van der Waals surface area contributed by atoms with Crippen LogP contribution in [0.5, 0.6) is 0 Å². The van der Waals surface area contributed by atoms with Crippen LogP contribution in [0.2, 0.25) is 0 Å². The molecule has 3 heterocycles. The average Bonchev–Trinajstić information content (AvgIpc) is 3.27. The number of para-hydroxylation sites is 2. The first-order chi connectivity index (χ1) is 14.1. The summed E-state index contributed by atoms with van der Waals surface area (Å²) < 4.78 is 1.51. The Kier molecular flexibility index (Phi) is 3.61. The van der Waals surface area contributed by atoms with Crippen molar-refractivity contribution in [1.82, 2.24) is 19.4 Å². The summed E-state index contributed by atoms with van der Waals surface area (Å²) in [7, 11) is 0. The third kappa shape index (κ3) is 2.54. The lowest BCUT2D eigenvalue weighted by molar-refractivity contribution is 1.10. The van der Waals surface area contributed by atoms with Crippen LogP contribution in [0.1, 0.15) is 17.0 Å². The Balaban J connectivity index is 1.73. The van der Waals surface area contributed by atoms with Crippen LogP contribution in [-0.2, 0) is 0 Å². The summed E-state index contributed by atoms with van der Waals surface area (Å²) in [6.07, 6.45) is 1.65. The zero-order valence-corrected chi connectivity index (χ0v) is 15.8. The number of fused-ring (bicyclic) bond motifs is 4. The van der Waals surface area contributed by atoms with Crippen molar-refractivity contribution in [2.24, 2.45) is 0 Å². The maximum Gasteiger partial charge on any atom is 0.265 e. The summed E-state index contributed by atoms with van der Waals surface area (Å²) in [5.74, 6) is 0.843. The Hall–Kier alpha value is -4.18. The van der Waals surface area contributed by atoms with Crippen LogP contribution in [0.3, 0.4) is 0 Å². The number of nitrogens with zero attached hydrogens (tertiary/aromatic N) is 4. The Morgan fingerprint density at radius 2 is 1.97 bits per heavy atom. The summed E-state index contributed by atoms with van der Waals surface area (Å²) in [5.41, 5.74) is 5.16. The van der Waals surface area contributed by atoms with Crippen molar-refractivity contribution < 1.29 is 0 Å². The van der Waals surface area contributed by atoms with Crippen molar-refractivity contribution in [2.45, 2.75) is 13.8 Å². The number of hydrogen-bond donors (Lipinski definition) is 2. The van der Waals surface area contributed by atoms with Crippen LogP contribution >= 0.6 is 0 Å². The third-order valence-electron chi connectivity index (χ3n) is 5.09. The molecule has 3 aromatic heterocycles. The van der Waals surface area contributed by atoms with Gasteiger partial charge in [-0.3, -0.25) is 9.20 Å². The second-order valence-electron chi connectivity index (χ2n) is 6.93. The first-order valence-corrected chi connectivity index (χ1v) is 9.14. The van der Waals surface area contributed by atoms with Crippen molar-refractivity contribution in [2.75, 3.05) is 5.32 Å². The highest BCUT2D eigenvalue weighted by molar-refractivity contribution is 5.83. The topological polar surface area (TPSA) is 98.9 Å². The number of rotatable bonds is 2. The predicted molar refractivity (Wildman–Crippen MR) is 113 cm³/mol. The van der Waals surface area contributed by atoms with Gasteiger partial charge >= 0.3 is 0 Å². The molecule has 29 heavy (non-hydrogen) atoms. The molecular formula is C22H16N6O. The van der Waals surface area contributed by atoms with E-state index in [-0.39, 0.29) is 5.56 Å². The second-order valence-corrected chi connectivity index (χ2v) is 6.93. The van der Waals surface area contributed by atoms with E-state index in [0.29, 0.717) is 33.0 Å². The molecule has 7 heteroatoms. The molecule has 2 N–H and O–H groups in total. The number of benzene rings is 2. The molecule has 0 bridgehead atoms. The molecule has 0 atom stereocenters. The highest BCUT2D eigenvalue weighted by atomic mass is 16.1. The Labute approximate surface area is 164 Å². The fraction of sp³-hybridized carbons (Fsp3) is 0.0909. The Morgan fingerprint density at radius 1 is 1.14 bits per heavy atom. The molecule has 0 saturated carbocycles. The van der Waals surface area contributed by atoms with Gasteiger partial charge in [0.1, 0.15) is 11.9 Å². The van der Waals surface area contributed by atoms with E-state index in [2.05, 4.69) is 26.3 Å². The van der Waals surface area contributed by atoms with E-state index >= 15 is 0 Å². The van der Waals surface area contributed by atoms with Crippen molar-refractivity contribution in [1.29, 1.82) is 5.26 Å². The molecule has 0 aliphatic rings. The first-order valence-electron chi connectivity index (χ1n) is 9.14. The summed E-state index contributed by atoms with van der Waals surface area (Å²) in [6, 6.07) is 15.3. The van der Waals surface area contributed by atoms with Gasteiger partial charge in [0.2, 0.25) is 0 Å². The van der Waals surface area contributed by atoms with Gasteiger partial charge in [-0.05, 0) is 49.7 Å². The zero-order valence-electron chi connectivity index (χ0n) is 15.8. The molecular weight excluding hydrogens is 364 g/mol. The number of H-pyrrole nitrogens is 1. The Morgan fingerprint density at radius 3 is 2.79 bits per heavy atom. The SMILES string of the molecule is Cc1nc2ccc(N/C=c3/c(C)c(C#N)c4nc5ccccc5n4c3=O)cc2[nH]1. The molecule has 0 saturated heterocycles. The standard InChI is InChI=1S/C22H16N6O/c1-12-15(10-23)21-27-18-5-3-4-6-20(18)28(21)22(29)16(12)11-24-14-7-8-17-19(9-14)26-13(2)25-17/h3-9,11,24H,1-2H3,(H,25,26)/b16-11-. The van der Waals surface area contributed by atoms with Gasteiger partial charge in [-0.1, -0.05) is 12.1 Å². The van der Waals surface area contributed by atoms with Gasteiger partial charge in [0.15, 0.2) is 5.65 Å². The Bertz CT molecular complexity index is 1590. The van der Waals surface area contributed by atoms with E-state index in [9.17, 15) is 10.1 Å². The smallest absolute Gasteiger partial charge is 0.265 e. The van der Waals surface area contributed by atoms with Crippen LogP contribution in [-0.4, -0.2) is 19.4 Å². The largest absolute Gasteiger partial charge is 0.361 e. The number of aromatic nitrogens is 4. The minimum Gasteiger partial charge on any atom is -0.361 e. The van der Waals surface area contributed by atoms with Gasteiger partial charge in [-0.25, -0.2) is 9.97 Å². The lowest BCUT2D eigenvalue weighted by atomic mass is 10.1. The van der Waals surface area contributed by atoms with Crippen molar-refractivity contribution in [3.05, 3.63) is 75.0 Å². The van der Waals surface area contributed by atoms with E-state index in [1.54, 1.807) is 13.1 Å². The van der Waals surface area contributed by atoms with Gasteiger partial charge < -0.3 is 10.3 Å². The number of nitriles is 1.